The van der Waals surface area contributed by atoms with Gasteiger partial charge in [-0.2, -0.15) is 0 Å². The number of hydrogen-bond donors (Lipinski definition) is 4. The normalized spacial score (nSPS) is 12.6. The summed E-state index contributed by atoms with van der Waals surface area (Å²) < 4.78 is 0. The predicted octanol–water partition coefficient (Wildman–Crippen LogP) is 7.45. The van der Waals surface area contributed by atoms with Gasteiger partial charge in [-0.3, -0.25) is 0 Å². The zero-order chi connectivity index (χ0) is 27.6. The number of hydrogen-bond acceptors (Lipinski definition) is 6. The van der Waals surface area contributed by atoms with Gasteiger partial charge >= 0.3 is 0 Å². The van der Waals surface area contributed by atoms with E-state index in [1.807, 2.05) is 72.8 Å². The van der Waals surface area contributed by atoms with E-state index in [0.717, 1.165) is 54.7 Å². The molecule has 0 radical (unpaired) electrons. The molecule has 4 aromatic carbocycles. The molecule has 8 heteroatoms. The highest BCUT2D eigenvalue weighted by atomic mass is 15.2. The predicted molar refractivity (Wildman–Crippen MR) is 168 cm³/mol. The van der Waals surface area contributed by atoms with Crippen molar-refractivity contribution in [3.05, 3.63) is 120 Å². The summed E-state index contributed by atoms with van der Waals surface area (Å²) in [5, 5.41) is 15.2. The Kier molecular flexibility index (Phi) is 4.74. The van der Waals surface area contributed by atoms with Crippen LogP contribution in [0, 0.1) is 0 Å². The molecule has 42 heavy (non-hydrogen) atoms. The molecule has 4 aromatic heterocycles. The smallest absolute Gasteiger partial charge is 0.164 e. The lowest BCUT2D eigenvalue weighted by Crippen LogP contribution is -2.10. The third kappa shape index (κ3) is 3.55. The highest BCUT2D eigenvalue weighted by molar-refractivity contribution is 6.05. The van der Waals surface area contributed by atoms with Gasteiger partial charge in [-0.1, -0.05) is 97.1 Å². The summed E-state index contributed by atoms with van der Waals surface area (Å²) in [7, 11) is 0. The van der Waals surface area contributed by atoms with Crippen LogP contribution in [0.25, 0.3) is 43.1 Å². The Morgan fingerprint density at radius 2 is 1.02 bits per heavy atom. The van der Waals surface area contributed by atoms with E-state index in [1.165, 1.54) is 0 Å². The van der Waals surface area contributed by atoms with E-state index in [4.69, 9.17) is 20.0 Å². The molecule has 0 spiro atoms. The molecule has 0 amide bonds. The van der Waals surface area contributed by atoms with Crippen LogP contribution in [0.15, 0.2) is 119 Å². The van der Waals surface area contributed by atoms with E-state index in [-0.39, 0.29) is 0 Å². The average molecular weight is 543 g/mol. The first-order valence-corrected chi connectivity index (χ1v) is 13.8. The van der Waals surface area contributed by atoms with Crippen molar-refractivity contribution in [2.75, 3.05) is 10.6 Å². The first-order valence-electron chi connectivity index (χ1n) is 13.8. The highest BCUT2D eigenvalue weighted by Crippen LogP contribution is 2.36. The fraction of sp³-hybridized carbons (Fsp3) is 0. The van der Waals surface area contributed by atoms with Crippen molar-refractivity contribution in [3.63, 3.8) is 0 Å². The summed E-state index contributed by atoms with van der Waals surface area (Å²) in [5.41, 5.74) is 1.38. The first kappa shape index (κ1) is 22.8. The molecular formula is C34H22N8. The van der Waals surface area contributed by atoms with Gasteiger partial charge in [-0.05, 0) is 22.9 Å². The molecule has 1 aliphatic rings. The summed E-state index contributed by atoms with van der Waals surface area (Å²) in [6, 6.07) is 36.8. The molecule has 0 unspecified atom stereocenters. The van der Waals surface area contributed by atoms with Crippen LogP contribution in [0.5, 0.6) is 0 Å². The average Bonchev–Trinajstić information content (AvgIpc) is 3.54. The van der Waals surface area contributed by atoms with Gasteiger partial charge in [0.15, 0.2) is 11.6 Å². The summed E-state index contributed by atoms with van der Waals surface area (Å²) in [5.74, 6) is 4.25. The zero-order valence-electron chi connectivity index (χ0n) is 22.2. The minimum absolute atomic E-state index is 0.585. The maximum absolute atomic E-state index is 5.08. The minimum Gasteiger partial charge on any atom is -0.327 e. The zero-order valence-corrected chi connectivity index (χ0v) is 22.2. The van der Waals surface area contributed by atoms with Crippen LogP contribution >= 0.6 is 0 Å². The summed E-state index contributed by atoms with van der Waals surface area (Å²) >= 11 is 0. The maximum atomic E-state index is 5.08. The maximum Gasteiger partial charge on any atom is 0.164 e. The largest absolute Gasteiger partial charge is 0.327 e. The number of aromatic amines is 2. The van der Waals surface area contributed by atoms with Crippen molar-refractivity contribution < 1.29 is 0 Å². The lowest BCUT2D eigenvalue weighted by Gasteiger charge is -2.10. The molecule has 8 bridgehead atoms. The molecule has 0 saturated carbocycles. The summed E-state index contributed by atoms with van der Waals surface area (Å²) in [4.78, 5) is 27.1. The Bertz CT molecular complexity index is 2490. The van der Waals surface area contributed by atoms with E-state index in [2.05, 4.69) is 57.0 Å². The minimum atomic E-state index is 0.585. The number of aromatic nitrogens is 4. The van der Waals surface area contributed by atoms with E-state index < -0.39 is 0 Å². The second-order valence-corrected chi connectivity index (χ2v) is 10.4. The van der Waals surface area contributed by atoms with Gasteiger partial charge in [0.25, 0.3) is 0 Å². The molecule has 1 aliphatic heterocycles. The standard InChI is InChI=1S/C34H22N8/c1-3-11-21-19(9-1)17-27-35-29(21)39-33-25-15-7-6-14-24(25)32(42-33)38-28-18-20-10-2-4-12-22(20)30(36-28)40-34-26-16-8-5-13-23(26)31(37-27)41-34/h1-18H,(H4,35,36,37,38,39,40,41,42). The Hall–Kier alpha value is -6.02. The SMILES string of the molecule is c1ccc2c3nc(cc2c1)Nc1[nH]c(c2ccccc12)Nc1nc(cc2ccccc12)N=c1[nH]c(c2ccccc12)=N3. The molecule has 8 nitrogen and oxygen atoms in total. The van der Waals surface area contributed by atoms with E-state index in [0.29, 0.717) is 34.2 Å². The third-order valence-electron chi connectivity index (χ3n) is 7.78. The van der Waals surface area contributed by atoms with Crippen LogP contribution in [0.1, 0.15) is 0 Å². The van der Waals surface area contributed by atoms with Gasteiger partial charge in [0.2, 0.25) is 0 Å². The third-order valence-corrected chi connectivity index (χ3v) is 7.78. The molecule has 0 saturated heterocycles. The lowest BCUT2D eigenvalue weighted by atomic mass is 10.1. The number of nitrogens with zero attached hydrogens (tertiary/aromatic N) is 4. The van der Waals surface area contributed by atoms with E-state index in [1.54, 1.807) is 0 Å². The molecule has 198 valence electrons. The Balaban J connectivity index is 1.42. The van der Waals surface area contributed by atoms with Crippen LogP contribution in [-0.2, 0) is 0 Å². The van der Waals surface area contributed by atoms with E-state index in [9.17, 15) is 0 Å². The quantitative estimate of drug-likeness (QED) is 0.160. The van der Waals surface area contributed by atoms with E-state index >= 15 is 0 Å². The summed E-state index contributed by atoms with van der Waals surface area (Å²) in [6.07, 6.45) is 0. The molecule has 4 N–H and O–H groups in total. The number of anilines is 4. The monoisotopic (exact) mass is 542 g/mol. The first-order chi connectivity index (χ1) is 20.8. The molecule has 0 fully saturated rings. The van der Waals surface area contributed by atoms with Gasteiger partial charge in [0, 0.05) is 32.3 Å². The second kappa shape index (κ2) is 8.74. The fourth-order valence-electron chi connectivity index (χ4n) is 5.83. The highest BCUT2D eigenvalue weighted by Gasteiger charge is 2.15. The molecule has 0 atom stereocenters. The molecular weight excluding hydrogens is 520 g/mol. The van der Waals surface area contributed by atoms with Crippen molar-refractivity contribution in [2.45, 2.75) is 0 Å². The molecule has 8 aromatic rings. The van der Waals surface area contributed by atoms with Gasteiger partial charge in [0.05, 0.1) is 0 Å². The van der Waals surface area contributed by atoms with Gasteiger partial charge < -0.3 is 20.6 Å². The lowest BCUT2D eigenvalue weighted by molar-refractivity contribution is 1.10. The van der Waals surface area contributed by atoms with Crippen molar-refractivity contribution in [3.8, 4) is 0 Å². The topological polar surface area (TPSA) is 106 Å². The van der Waals surface area contributed by atoms with Crippen LogP contribution in [0.2, 0.25) is 0 Å². The van der Waals surface area contributed by atoms with Crippen LogP contribution in [-0.4, -0.2) is 19.9 Å². The van der Waals surface area contributed by atoms with Crippen molar-refractivity contribution in [1.29, 1.82) is 0 Å². The molecule has 9 rings (SSSR count). The number of rotatable bonds is 0. The number of pyridine rings is 2. The number of H-pyrrole nitrogens is 2. The van der Waals surface area contributed by atoms with Gasteiger partial charge in [-0.15, -0.1) is 0 Å². The second-order valence-electron chi connectivity index (χ2n) is 10.4. The Morgan fingerprint density at radius 3 is 1.76 bits per heavy atom. The number of benzene rings is 4. The number of fused-ring (bicyclic) bond motifs is 18. The Morgan fingerprint density at radius 1 is 0.452 bits per heavy atom. The van der Waals surface area contributed by atoms with Gasteiger partial charge in [-0.25, -0.2) is 20.0 Å². The molecule has 5 heterocycles. The van der Waals surface area contributed by atoms with Crippen molar-refractivity contribution >= 4 is 78.0 Å². The van der Waals surface area contributed by atoms with Gasteiger partial charge in [0.1, 0.15) is 34.2 Å². The van der Waals surface area contributed by atoms with Crippen LogP contribution in [0.3, 0.4) is 0 Å². The van der Waals surface area contributed by atoms with Crippen LogP contribution in [0.4, 0.5) is 34.9 Å². The number of nitrogens with one attached hydrogen (secondary N) is 4. The van der Waals surface area contributed by atoms with Crippen molar-refractivity contribution in [2.24, 2.45) is 9.98 Å². The Labute approximate surface area is 238 Å². The van der Waals surface area contributed by atoms with Crippen LogP contribution < -0.4 is 21.6 Å². The summed E-state index contributed by atoms with van der Waals surface area (Å²) in [6.45, 7) is 0. The van der Waals surface area contributed by atoms with Crippen molar-refractivity contribution in [1.82, 2.24) is 19.9 Å². The molecule has 0 aliphatic carbocycles. The fourth-order valence-corrected chi connectivity index (χ4v) is 5.83.